The van der Waals surface area contributed by atoms with Crippen LogP contribution in [0, 0.1) is 25.2 Å². The Morgan fingerprint density at radius 2 is 1.94 bits per heavy atom. The van der Waals surface area contributed by atoms with Gasteiger partial charge in [0, 0.05) is 50.3 Å². The molecule has 4 rings (SSSR count). The van der Waals surface area contributed by atoms with Crippen molar-refractivity contribution in [1.82, 2.24) is 14.8 Å². The molecule has 0 aliphatic carbocycles. The van der Waals surface area contributed by atoms with Gasteiger partial charge < -0.3 is 20.5 Å². The lowest BCUT2D eigenvalue weighted by Gasteiger charge is -2.33. The Morgan fingerprint density at radius 1 is 1.25 bits per heavy atom. The lowest BCUT2D eigenvalue weighted by molar-refractivity contribution is -0.122. The lowest BCUT2D eigenvalue weighted by Crippen LogP contribution is -2.43. The number of likely N-dealkylation sites (N-methyl/N-ethyl adjacent to an activating group) is 1. The molecule has 170 valence electrons. The van der Waals surface area contributed by atoms with Gasteiger partial charge in [0.25, 0.3) is 6.47 Å². The molecule has 0 amide bonds. The molecule has 8 nitrogen and oxygen atoms in total. The molecule has 0 saturated carbocycles. The van der Waals surface area contributed by atoms with Crippen molar-refractivity contribution >= 4 is 12.3 Å². The highest BCUT2D eigenvalue weighted by Gasteiger charge is 2.24. The largest absolute Gasteiger partial charge is 0.483 e. The van der Waals surface area contributed by atoms with Crippen molar-refractivity contribution in [3.8, 4) is 17.2 Å². The number of nitrogens with zero attached hydrogens (tertiary/aromatic N) is 4. The average molecular weight is 438 g/mol. The molecule has 2 aromatic rings. The molecule has 0 spiro atoms. The summed E-state index contributed by atoms with van der Waals surface area (Å²) in [4.78, 5) is 17.7. The van der Waals surface area contributed by atoms with E-state index in [-0.39, 0.29) is 6.47 Å². The SMILES string of the molecule is Cc1cc(C)c(-c2c(C#N)c(N)nc3c2COCC3)cc1CN1CCN(C)CC1.O=CO. The number of rotatable bonds is 3. The summed E-state index contributed by atoms with van der Waals surface area (Å²) < 4.78 is 5.72. The number of anilines is 1. The molecule has 8 heteroatoms. The summed E-state index contributed by atoms with van der Waals surface area (Å²) in [5.41, 5.74) is 14.4. The van der Waals surface area contributed by atoms with Gasteiger partial charge in [-0.2, -0.15) is 5.26 Å². The molecule has 1 saturated heterocycles. The molecule has 2 aliphatic rings. The predicted octanol–water partition coefficient (Wildman–Crippen LogP) is 2.34. The van der Waals surface area contributed by atoms with Crippen molar-refractivity contribution in [2.24, 2.45) is 0 Å². The lowest BCUT2D eigenvalue weighted by atomic mass is 9.88. The Bertz CT molecular complexity index is 1020. The first-order valence-electron chi connectivity index (χ1n) is 10.8. The maximum atomic E-state index is 9.84. The molecule has 3 heterocycles. The van der Waals surface area contributed by atoms with Crippen molar-refractivity contribution in [1.29, 1.82) is 5.26 Å². The highest BCUT2D eigenvalue weighted by Crippen LogP contribution is 2.37. The molecule has 32 heavy (non-hydrogen) atoms. The van der Waals surface area contributed by atoms with Crippen molar-refractivity contribution in [2.45, 2.75) is 33.4 Å². The van der Waals surface area contributed by atoms with Gasteiger partial charge >= 0.3 is 0 Å². The highest BCUT2D eigenvalue weighted by atomic mass is 16.5. The van der Waals surface area contributed by atoms with Crippen LogP contribution in [0.15, 0.2) is 12.1 Å². The number of benzene rings is 1. The molecule has 2 aliphatic heterocycles. The van der Waals surface area contributed by atoms with E-state index < -0.39 is 0 Å². The number of fused-ring (bicyclic) bond motifs is 1. The fourth-order valence-electron chi connectivity index (χ4n) is 4.39. The minimum atomic E-state index is -0.250. The third-order valence-electron chi connectivity index (χ3n) is 6.20. The van der Waals surface area contributed by atoms with Gasteiger partial charge in [0.05, 0.1) is 18.9 Å². The van der Waals surface area contributed by atoms with Crippen LogP contribution in [0.1, 0.15) is 33.5 Å². The normalized spacial score (nSPS) is 16.4. The summed E-state index contributed by atoms with van der Waals surface area (Å²) in [5.74, 6) is 0.323. The summed E-state index contributed by atoms with van der Waals surface area (Å²) >= 11 is 0. The topological polar surface area (TPSA) is 116 Å². The number of nitriles is 1. The first-order valence-corrected chi connectivity index (χ1v) is 10.8. The molecule has 3 N–H and O–H groups in total. The van der Waals surface area contributed by atoms with Gasteiger partial charge in [-0.05, 0) is 49.2 Å². The minimum absolute atomic E-state index is 0.250. The second-order valence-electron chi connectivity index (χ2n) is 8.37. The van der Waals surface area contributed by atoms with Crippen molar-refractivity contribution in [2.75, 3.05) is 45.6 Å². The molecule has 1 fully saturated rings. The quantitative estimate of drug-likeness (QED) is 0.703. The van der Waals surface area contributed by atoms with Gasteiger partial charge in [0.1, 0.15) is 17.5 Å². The number of aryl methyl sites for hydroxylation is 2. The van der Waals surface area contributed by atoms with Crippen molar-refractivity contribution in [3.05, 3.63) is 45.6 Å². The van der Waals surface area contributed by atoms with E-state index in [2.05, 4.69) is 53.9 Å². The molecular weight excluding hydrogens is 406 g/mol. The Balaban J connectivity index is 0.000000913. The zero-order valence-corrected chi connectivity index (χ0v) is 19.0. The Kier molecular flexibility index (Phi) is 7.80. The minimum Gasteiger partial charge on any atom is -0.483 e. The number of piperazine rings is 1. The molecule has 0 unspecified atom stereocenters. The number of hydrogen-bond acceptors (Lipinski definition) is 7. The van der Waals surface area contributed by atoms with Crippen LogP contribution < -0.4 is 5.73 Å². The van der Waals surface area contributed by atoms with Gasteiger partial charge in [-0.1, -0.05) is 6.07 Å². The number of carbonyl (C=O) groups is 1. The first kappa shape index (κ1) is 23.7. The van der Waals surface area contributed by atoms with Crippen LogP contribution in [0.3, 0.4) is 0 Å². The van der Waals surface area contributed by atoms with E-state index in [1.165, 1.54) is 11.1 Å². The van der Waals surface area contributed by atoms with E-state index in [9.17, 15) is 5.26 Å². The maximum Gasteiger partial charge on any atom is 0.290 e. The fourth-order valence-corrected chi connectivity index (χ4v) is 4.39. The van der Waals surface area contributed by atoms with Gasteiger partial charge in [0.15, 0.2) is 0 Å². The number of nitrogens with two attached hydrogens (primary N) is 1. The van der Waals surface area contributed by atoms with Gasteiger partial charge in [-0.25, -0.2) is 4.98 Å². The van der Waals surface area contributed by atoms with Crippen LogP contribution in [0.5, 0.6) is 0 Å². The third kappa shape index (κ3) is 5.07. The van der Waals surface area contributed by atoms with E-state index in [0.717, 1.165) is 67.1 Å². The van der Waals surface area contributed by atoms with Crippen LogP contribution >= 0.6 is 0 Å². The second-order valence-corrected chi connectivity index (χ2v) is 8.37. The number of ether oxygens (including phenoxy) is 1. The summed E-state index contributed by atoms with van der Waals surface area (Å²) in [6.45, 7) is 10.4. The van der Waals surface area contributed by atoms with E-state index in [0.29, 0.717) is 24.6 Å². The third-order valence-corrected chi connectivity index (χ3v) is 6.20. The average Bonchev–Trinajstić information content (AvgIpc) is 2.77. The van der Waals surface area contributed by atoms with Crippen LogP contribution in [0.25, 0.3) is 11.1 Å². The standard InChI is InChI=1S/C23H29N5O.CH2O2/c1-15-10-16(2)18(11-17(15)13-28-7-5-27(3)6-8-28)22-19(12-24)23(25)26-21-4-9-29-14-20(21)22;2-1-3/h10-11H,4-9,13-14H2,1-3H3,(H2,25,26);1H,(H,2,3). The number of carboxylic acid groups (broad SMARTS) is 1. The Hall–Kier alpha value is -2.99. The first-order chi connectivity index (χ1) is 15.4. The van der Waals surface area contributed by atoms with Gasteiger partial charge in [-0.15, -0.1) is 0 Å². The van der Waals surface area contributed by atoms with E-state index in [1.54, 1.807) is 0 Å². The number of pyridine rings is 1. The van der Waals surface area contributed by atoms with E-state index in [1.807, 2.05) is 0 Å². The summed E-state index contributed by atoms with van der Waals surface area (Å²) in [7, 11) is 2.18. The second kappa shape index (κ2) is 10.6. The van der Waals surface area contributed by atoms with Crippen LogP contribution in [0.4, 0.5) is 5.82 Å². The number of hydrogen-bond donors (Lipinski definition) is 2. The fraction of sp³-hybridized carbons (Fsp3) is 0.458. The molecule has 1 aromatic carbocycles. The highest BCUT2D eigenvalue weighted by molar-refractivity contribution is 5.81. The number of nitrogen functional groups attached to an aromatic ring is 1. The van der Waals surface area contributed by atoms with Crippen LogP contribution in [-0.2, 0) is 29.1 Å². The zero-order chi connectivity index (χ0) is 23.3. The molecular formula is C24H31N5O3. The molecule has 0 radical (unpaired) electrons. The predicted molar refractivity (Wildman–Crippen MR) is 123 cm³/mol. The molecule has 0 bridgehead atoms. The number of aromatic nitrogens is 1. The van der Waals surface area contributed by atoms with Gasteiger partial charge in [-0.3, -0.25) is 9.69 Å². The molecule has 1 aromatic heterocycles. The van der Waals surface area contributed by atoms with Gasteiger partial charge in [0.2, 0.25) is 0 Å². The maximum absolute atomic E-state index is 9.84. The van der Waals surface area contributed by atoms with Crippen molar-refractivity contribution < 1.29 is 14.6 Å². The zero-order valence-electron chi connectivity index (χ0n) is 19.0. The Morgan fingerprint density at radius 3 is 2.59 bits per heavy atom. The van der Waals surface area contributed by atoms with E-state index in [4.69, 9.17) is 20.4 Å². The van der Waals surface area contributed by atoms with E-state index >= 15 is 0 Å². The smallest absolute Gasteiger partial charge is 0.290 e. The molecule has 0 atom stereocenters. The summed E-state index contributed by atoms with van der Waals surface area (Å²) in [6.07, 6.45) is 0.733. The van der Waals surface area contributed by atoms with Crippen molar-refractivity contribution in [3.63, 3.8) is 0 Å². The Labute approximate surface area is 189 Å². The monoisotopic (exact) mass is 437 g/mol. The summed E-state index contributed by atoms with van der Waals surface area (Å²) in [5, 5.41) is 16.7. The summed E-state index contributed by atoms with van der Waals surface area (Å²) in [6, 6.07) is 6.79. The van der Waals surface area contributed by atoms with Crippen LogP contribution in [-0.4, -0.2) is 66.2 Å². The van der Waals surface area contributed by atoms with Crippen LogP contribution in [0.2, 0.25) is 0 Å².